The molecule has 7 heteroatoms. The van der Waals surface area contributed by atoms with E-state index < -0.39 is 20.7 Å². The molecule has 1 aromatic rings. The molecule has 0 aromatic heterocycles. The lowest BCUT2D eigenvalue weighted by Gasteiger charge is -2.14. The maximum absolute atomic E-state index is 13.7. The van der Waals surface area contributed by atoms with Crippen molar-refractivity contribution < 1.29 is 22.7 Å². The lowest BCUT2D eigenvalue weighted by molar-refractivity contribution is 0.107. The van der Waals surface area contributed by atoms with Crippen LogP contribution in [0.5, 0.6) is 0 Å². The summed E-state index contributed by atoms with van der Waals surface area (Å²) in [6, 6.07) is 3.31. The zero-order valence-corrected chi connectivity index (χ0v) is 12.0. The molecule has 0 radical (unpaired) electrons. The van der Waals surface area contributed by atoms with Crippen molar-refractivity contribution in [3.63, 3.8) is 0 Å². The lowest BCUT2D eigenvalue weighted by Crippen LogP contribution is -2.34. The van der Waals surface area contributed by atoms with Crippen molar-refractivity contribution in [2.45, 2.75) is 42.9 Å². The molecule has 1 aliphatic carbocycles. The van der Waals surface area contributed by atoms with Gasteiger partial charge in [0.05, 0.1) is 12.7 Å². The van der Waals surface area contributed by atoms with Gasteiger partial charge in [-0.25, -0.2) is 17.5 Å². The predicted octanol–water partition coefficient (Wildman–Crippen LogP) is 1.16. The van der Waals surface area contributed by atoms with Crippen LogP contribution in [0.3, 0.4) is 0 Å². The minimum Gasteiger partial charge on any atom is -0.392 e. The topological polar surface area (TPSA) is 75.6 Å². The normalized spacial score (nSPS) is 23.1. The Labute approximate surface area is 117 Å². The predicted molar refractivity (Wildman–Crippen MR) is 71.1 cm³/mol. The smallest absolute Gasteiger partial charge is 0.243 e. The molecule has 2 atom stereocenters. The van der Waals surface area contributed by atoms with E-state index >= 15 is 0 Å². The number of aliphatic hydroxyl groups excluding tert-OH is 1. The minimum absolute atomic E-state index is 0.0383. The second-order valence-electron chi connectivity index (χ2n) is 4.91. The van der Waals surface area contributed by atoms with Gasteiger partial charge in [-0.15, -0.1) is 0 Å². The molecule has 0 spiro atoms. The largest absolute Gasteiger partial charge is 0.392 e. The molecule has 1 aliphatic rings. The van der Waals surface area contributed by atoms with Gasteiger partial charge in [-0.1, -0.05) is 6.07 Å². The summed E-state index contributed by atoms with van der Waals surface area (Å²) in [6.45, 7) is -0.335. The summed E-state index contributed by atoms with van der Waals surface area (Å²) >= 11 is 0. The summed E-state index contributed by atoms with van der Waals surface area (Å²) in [5.74, 6) is -0.823. The van der Waals surface area contributed by atoms with Crippen LogP contribution in [0.2, 0.25) is 0 Å². The van der Waals surface area contributed by atoms with Gasteiger partial charge in [0.25, 0.3) is 0 Å². The Bertz CT molecular complexity index is 576. The molecule has 2 N–H and O–H groups in total. The van der Waals surface area contributed by atoms with Crippen LogP contribution in [0.15, 0.2) is 23.1 Å². The summed E-state index contributed by atoms with van der Waals surface area (Å²) in [5, 5.41) is 9.02. The number of rotatable bonds is 5. The molecule has 1 fully saturated rings. The summed E-state index contributed by atoms with van der Waals surface area (Å²) in [6.07, 6.45) is 2.06. The second-order valence-corrected chi connectivity index (χ2v) is 6.59. The molecular formula is C13H18FNO4S. The highest BCUT2D eigenvalue weighted by Crippen LogP contribution is 2.24. The Morgan fingerprint density at radius 2 is 2.20 bits per heavy atom. The number of hydrogen-bond donors (Lipinski definition) is 2. The van der Waals surface area contributed by atoms with Crippen molar-refractivity contribution in [3.05, 3.63) is 29.6 Å². The van der Waals surface area contributed by atoms with Gasteiger partial charge in [0.15, 0.2) is 0 Å². The Kier molecular flexibility index (Phi) is 4.74. The van der Waals surface area contributed by atoms with Crippen molar-refractivity contribution in [2.75, 3.05) is 7.11 Å². The van der Waals surface area contributed by atoms with Crippen molar-refractivity contribution in [1.82, 2.24) is 4.72 Å². The van der Waals surface area contributed by atoms with Crippen molar-refractivity contribution in [1.29, 1.82) is 0 Å². The number of nitrogens with one attached hydrogen (secondary N) is 1. The Morgan fingerprint density at radius 1 is 1.45 bits per heavy atom. The van der Waals surface area contributed by atoms with E-state index in [2.05, 4.69) is 4.72 Å². The van der Waals surface area contributed by atoms with Crippen LogP contribution >= 0.6 is 0 Å². The van der Waals surface area contributed by atoms with Crippen LogP contribution in [-0.2, 0) is 21.4 Å². The maximum atomic E-state index is 13.7. The zero-order chi connectivity index (χ0) is 14.8. The van der Waals surface area contributed by atoms with Gasteiger partial charge in [0.1, 0.15) is 10.7 Å². The molecule has 0 amide bonds. The van der Waals surface area contributed by atoms with E-state index in [0.717, 1.165) is 18.6 Å². The summed E-state index contributed by atoms with van der Waals surface area (Å²) in [5.41, 5.74) is 0.355. The molecule has 2 rings (SSSR count). The number of aliphatic hydroxyl groups is 1. The van der Waals surface area contributed by atoms with Gasteiger partial charge in [0.2, 0.25) is 10.0 Å². The third-order valence-electron chi connectivity index (χ3n) is 3.51. The first-order valence-electron chi connectivity index (χ1n) is 6.40. The first-order valence-corrected chi connectivity index (χ1v) is 7.89. The molecule has 5 nitrogen and oxygen atoms in total. The van der Waals surface area contributed by atoms with Gasteiger partial charge < -0.3 is 9.84 Å². The van der Waals surface area contributed by atoms with Crippen LogP contribution in [0.25, 0.3) is 0 Å². The molecule has 2 unspecified atom stereocenters. The molecule has 1 saturated carbocycles. The van der Waals surface area contributed by atoms with E-state index in [1.165, 1.54) is 6.07 Å². The molecule has 0 aliphatic heterocycles. The fraction of sp³-hybridized carbons (Fsp3) is 0.538. The molecule has 0 bridgehead atoms. The van der Waals surface area contributed by atoms with E-state index in [9.17, 15) is 12.8 Å². The van der Waals surface area contributed by atoms with Crippen molar-refractivity contribution in [2.24, 2.45) is 0 Å². The monoisotopic (exact) mass is 303 g/mol. The average molecular weight is 303 g/mol. The summed E-state index contributed by atoms with van der Waals surface area (Å²) in [4.78, 5) is -0.426. The number of sulfonamides is 1. The first-order chi connectivity index (χ1) is 9.46. The lowest BCUT2D eigenvalue weighted by atomic mass is 10.2. The van der Waals surface area contributed by atoms with Crippen molar-refractivity contribution in [3.8, 4) is 0 Å². The van der Waals surface area contributed by atoms with E-state index in [1.54, 1.807) is 7.11 Å². The highest BCUT2D eigenvalue weighted by atomic mass is 32.2. The molecule has 112 valence electrons. The highest BCUT2D eigenvalue weighted by molar-refractivity contribution is 7.89. The van der Waals surface area contributed by atoms with Crippen molar-refractivity contribution >= 4 is 10.0 Å². The third-order valence-corrected chi connectivity index (χ3v) is 5.04. The minimum atomic E-state index is -3.93. The number of ether oxygens (including phenoxy) is 1. The Hall–Kier alpha value is -1.02. The van der Waals surface area contributed by atoms with Gasteiger partial charge >= 0.3 is 0 Å². The molecule has 0 saturated heterocycles. The third kappa shape index (κ3) is 3.35. The van der Waals surface area contributed by atoms with Gasteiger partial charge in [-0.2, -0.15) is 0 Å². The number of halogens is 1. The van der Waals surface area contributed by atoms with Crippen LogP contribution in [0.4, 0.5) is 4.39 Å². The average Bonchev–Trinajstić information content (AvgIpc) is 2.86. The second kappa shape index (κ2) is 6.17. The quantitative estimate of drug-likeness (QED) is 0.856. The SMILES string of the molecule is COC1CCC(NS(=O)(=O)c2cc(CO)ccc2F)C1. The molecule has 20 heavy (non-hydrogen) atoms. The highest BCUT2D eigenvalue weighted by Gasteiger charge is 2.30. The van der Waals surface area contributed by atoms with E-state index in [0.29, 0.717) is 18.4 Å². The van der Waals surface area contributed by atoms with Crippen LogP contribution in [0.1, 0.15) is 24.8 Å². The maximum Gasteiger partial charge on any atom is 0.243 e. The Balaban J connectivity index is 2.18. The van der Waals surface area contributed by atoms with Gasteiger partial charge in [-0.05, 0) is 37.0 Å². The molecule has 1 aromatic carbocycles. The fourth-order valence-electron chi connectivity index (χ4n) is 2.40. The standard InChI is InChI=1S/C13H18FNO4S/c1-19-11-4-3-10(7-11)15-20(17,18)13-6-9(8-16)2-5-12(13)14/h2,5-6,10-11,15-16H,3-4,7-8H2,1H3. The van der Waals surface area contributed by atoms with Crippen LogP contribution < -0.4 is 4.72 Å². The zero-order valence-electron chi connectivity index (χ0n) is 11.2. The summed E-state index contributed by atoms with van der Waals surface area (Å²) in [7, 11) is -2.34. The number of methoxy groups -OCH3 is 1. The van der Waals surface area contributed by atoms with E-state index in [-0.39, 0.29) is 18.8 Å². The molecule has 0 heterocycles. The molecular weight excluding hydrogens is 285 g/mol. The Morgan fingerprint density at radius 3 is 2.80 bits per heavy atom. The number of hydrogen-bond acceptors (Lipinski definition) is 4. The van der Waals surface area contributed by atoms with E-state index in [4.69, 9.17) is 9.84 Å². The number of benzene rings is 1. The van der Waals surface area contributed by atoms with Gasteiger partial charge in [-0.3, -0.25) is 0 Å². The van der Waals surface area contributed by atoms with E-state index in [1.807, 2.05) is 0 Å². The summed E-state index contributed by atoms with van der Waals surface area (Å²) < 4.78 is 45.8. The van der Waals surface area contributed by atoms with Crippen LogP contribution in [0, 0.1) is 5.82 Å². The van der Waals surface area contributed by atoms with Gasteiger partial charge in [0, 0.05) is 13.2 Å². The van der Waals surface area contributed by atoms with Crippen LogP contribution in [-0.4, -0.2) is 32.8 Å². The first kappa shape index (κ1) is 15.4. The fourth-order valence-corrected chi connectivity index (χ4v) is 3.81.